The molecule has 0 aliphatic heterocycles. The second-order valence-electron chi connectivity index (χ2n) is 3.06. The molecule has 0 unspecified atom stereocenters. The number of carboxylic acid groups (broad SMARTS) is 1. The Balaban J connectivity index is 2.85. The van der Waals surface area contributed by atoms with Crippen molar-refractivity contribution < 1.29 is 18.7 Å². The van der Waals surface area contributed by atoms with Gasteiger partial charge in [0.05, 0.1) is 4.47 Å². The molecule has 6 heteroatoms. The first-order chi connectivity index (χ1) is 7.49. The van der Waals surface area contributed by atoms with Crippen LogP contribution in [0.2, 0.25) is 0 Å². The molecule has 0 fully saturated rings. The fraction of sp³-hybridized carbons (Fsp3) is 0. The van der Waals surface area contributed by atoms with E-state index >= 15 is 0 Å². The van der Waals surface area contributed by atoms with Crippen molar-refractivity contribution in [1.29, 1.82) is 0 Å². The van der Waals surface area contributed by atoms with Crippen LogP contribution in [0.5, 0.6) is 0 Å². The van der Waals surface area contributed by atoms with E-state index in [1.165, 1.54) is 6.07 Å². The maximum atomic E-state index is 13.1. The van der Waals surface area contributed by atoms with Gasteiger partial charge in [0.1, 0.15) is 17.0 Å². The molecule has 2 aromatic rings. The Morgan fingerprint density at radius 1 is 1.38 bits per heavy atom. The first kappa shape index (κ1) is 10.8. The Morgan fingerprint density at radius 2 is 2.06 bits per heavy atom. The summed E-state index contributed by atoms with van der Waals surface area (Å²) in [5.41, 5.74) is -1.47. The minimum Gasteiger partial charge on any atom is -0.477 e. The van der Waals surface area contributed by atoms with Crippen LogP contribution < -0.4 is 5.63 Å². The number of halogens is 2. The summed E-state index contributed by atoms with van der Waals surface area (Å²) in [5.74, 6) is -1.96. The molecule has 82 valence electrons. The Labute approximate surface area is 96.4 Å². The van der Waals surface area contributed by atoms with E-state index in [1.807, 2.05) is 0 Å². The molecule has 0 amide bonds. The predicted molar refractivity (Wildman–Crippen MR) is 57.1 cm³/mol. The Bertz CT molecular complexity index is 647. The monoisotopic (exact) mass is 286 g/mol. The van der Waals surface area contributed by atoms with Gasteiger partial charge in [0.2, 0.25) is 0 Å². The normalized spacial score (nSPS) is 10.6. The summed E-state index contributed by atoms with van der Waals surface area (Å²) in [6.45, 7) is 0. The summed E-state index contributed by atoms with van der Waals surface area (Å²) < 4.78 is 18.0. The summed E-state index contributed by atoms with van der Waals surface area (Å²) in [4.78, 5) is 21.9. The first-order valence-electron chi connectivity index (χ1n) is 4.15. The summed E-state index contributed by atoms with van der Waals surface area (Å²) >= 11 is 2.95. The molecular formula is C10H4BrFO4. The molecule has 16 heavy (non-hydrogen) atoms. The van der Waals surface area contributed by atoms with Gasteiger partial charge in [0.25, 0.3) is 0 Å². The molecule has 0 spiro atoms. The number of aromatic carboxylic acids is 1. The van der Waals surface area contributed by atoms with Gasteiger partial charge >= 0.3 is 11.6 Å². The number of benzene rings is 1. The predicted octanol–water partition coefficient (Wildman–Crippen LogP) is 2.39. The maximum absolute atomic E-state index is 13.1. The zero-order valence-corrected chi connectivity index (χ0v) is 9.25. The third-order valence-electron chi connectivity index (χ3n) is 2.01. The van der Waals surface area contributed by atoms with Crippen LogP contribution in [0.4, 0.5) is 4.39 Å². The lowest BCUT2D eigenvalue weighted by Gasteiger charge is -2.00. The van der Waals surface area contributed by atoms with Crippen LogP contribution in [-0.2, 0) is 0 Å². The van der Waals surface area contributed by atoms with Gasteiger partial charge in [-0.3, -0.25) is 0 Å². The quantitative estimate of drug-likeness (QED) is 0.818. The molecule has 0 aliphatic carbocycles. The van der Waals surface area contributed by atoms with Crippen molar-refractivity contribution in [3.8, 4) is 0 Å². The lowest BCUT2D eigenvalue weighted by molar-refractivity contribution is 0.0692. The van der Waals surface area contributed by atoms with Crippen LogP contribution in [0.15, 0.2) is 31.9 Å². The van der Waals surface area contributed by atoms with Crippen molar-refractivity contribution >= 4 is 32.9 Å². The minimum atomic E-state index is -1.38. The van der Waals surface area contributed by atoms with Gasteiger partial charge in [-0.25, -0.2) is 14.0 Å². The molecule has 1 N–H and O–H groups in total. The number of rotatable bonds is 1. The second-order valence-corrected chi connectivity index (χ2v) is 3.91. The van der Waals surface area contributed by atoms with Gasteiger partial charge in [-0.2, -0.15) is 0 Å². The highest BCUT2D eigenvalue weighted by molar-refractivity contribution is 9.10. The molecule has 0 aliphatic rings. The highest BCUT2D eigenvalue weighted by Crippen LogP contribution is 2.22. The second kappa shape index (κ2) is 3.71. The summed E-state index contributed by atoms with van der Waals surface area (Å²) in [5, 5.41) is 9.04. The molecule has 1 aromatic carbocycles. The molecule has 1 aromatic heterocycles. The van der Waals surface area contributed by atoms with Crippen LogP contribution in [-0.4, -0.2) is 11.1 Å². The van der Waals surface area contributed by atoms with Crippen molar-refractivity contribution in [2.45, 2.75) is 0 Å². The lowest BCUT2D eigenvalue weighted by Crippen LogP contribution is -2.12. The van der Waals surface area contributed by atoms with E-state index < -0.39 is 23.0 Å². The molecule has 1 heterocycles. The van der Waals surface area contributed by atoms with E-state index in [0.29, 0.717) is 5.39 Å². The number of fused-ring (bicyclic) bond motifs is 1. The van der Waals surface area contributed by atoms with E-state index in [-0.39, 0.29) is 10.1 Å². The van der Waals surface area contributed by atoms with Crippen LogP contribution in [0, 0.1) is 5.82 Å². The van der Waals surface area contributed by atoms with E-state index in [0.717, 1.165) is 12.1 Å². The maximum Gasteiger partial charge on any atom is 0.351 e. The van der Waals surface area contributed by atoms with Gasteiger partial charge in [0, 0.05) is 11.5 Å². The average Bonchev–Trinajstić information content (AvgIpc) is 2.19. The zero-order valence-electron chi connectivity index (χ0n) is 7.66. The summed E-state index contributed by atoms with van der Waals surface area (Å²) in [6.07, 6.45) is 0. The Hall–Kier alpha value is -1.69. The fourth-order valence-electron chi connectivity index (χ4n) is 1.26. The highest BCUT2D eigenvalue weighted by Gasteiger charge is 2.13. The summed E-state index contributed by atoms with van der Waals surface area (Å²) in [6, 6.07) is 3.51. The average molecular weight is 287 g/mol. The van der Waals surface area contributed by atoms with Gasteiger partial charge in [-0.1, -0.05) is 0 Å². The van der Waals surface area contributed by atoms with Crippen molar-refractivity contribution in [2.24, 2.45) is 0 Å². The van der Waals surface area contributed by atoms with Crippen LogP contribution >= 0.6 is 15.9 Å². The topological polar surface area (TPSA) is 67.5 Å². The molecule has 0 saturated carbocycles. The molecule has 0 radical (unpaired) electrons. The minimum absolute atomic E-state index is 0.00991. The molecule has 4 nitrogen and oxygen atoms in total. The molecule has 2 rings (SSSR count). The molecule has 0 bridgehead atoms. The highest BCUT2D eigenvalue weighted by atomic mass is 79.9. The van der Waals surface area contributed by atoms with Crippen molar-refractivity contribution in [3.05, 3.63) is 44.5 Å². The smallest absolute Gasteiger partial charge is 0.351 e. The zero-order chi connectivity index (χ0) is 11.9. The number of hydrogen-bond acceptors (Lipinski definition) is 3. The van der Waals surface area contributed by atoms with Gasteiger partial charge in [-0.15, -0.1) is 0 Å². The van der Waals surface area contributed by atoms with Crippen LogP contribution in [0.1, 0.15) is 10.4 Å². The standard InChI is InChI=1S/C10H4BrFO4/c11-6-2-4-1-5(9(13)14)10(15)16-8(4)3-7(6)12/h1-3H,(H,13,14). The van der Waals surface area contributed by atoms with Crippen molar-refractivity contribution in [2.75, 3.05) is 0 Å². The van der Waals surface area contributed by atoms with Gasteiger partial charge < -0.3 is 9.52 Å². The first-order valence-corrected chi connectivity index (χ1v) is 4.94. The van der Waals surface area contributed by atoms with Gasteiger partial charge in [-0.05, 0) is 28.1 Å². The van der Waals surface area contributed by atoms with Crippen molar-refractivity contribution in [1.82, 2.24) is 0 Å². The van der Waals surface area contributed by atoms with Crippen LogP contribution in [0.25, 0.3) is 11.0 Å². The third-order valence-corrected chi connectivity index (χ3v) is 2.61. The van der Waals surface area contributed by atoms with Gasteiger partial charge in [0.15, 0.2) is 0 Å². The Morgan fingerprint density at radius 3 is 2.69 bits per heavy atom. The number of carbonyl (C=O) groups is 1. The molecule has 0 saturated heterocycles. The Kier molecular flexibility index (Phi) is 2.51. The van der Waals surface area contributed by atoms with E-state index in [4.69, 9.17) is 9.52 Å². The van der Waals surface area contributed by atoms with E-state index in [9.17, 15) is 14.0 Å². The number of carboxylic acids is 1. The van der Waals surface area contributed by atoms with Crippen LogP contribution in [0.3, 0.4) is 0 Å². The molecular weight excluding hydrogens is 283 g/mol. The number of hydrogen-bond donors (Lipinski definition) is 1. The van der Waals surface area contributed by atoms with E-state index in [2.05, 4.69) is 15.9 Å². The lowest BCUT2D eigenvalue weighted by atomic mass is 10.2. The van der Waals surface area contributed by atoms with E-state index in [1.54, 1.807) is 0 Å². The largest absolute Gasteiger partial charge is 0.477 e. The molecule has 0 atom stereocenters. The summed E-state index contributed by atoms with van der Waals surface area (Å²) in [7, 11) is 0. The SMILES string of the molecule is O=C(O)c1cc2cc(Br)c(F)cc2oc1=O. The van der Waals surface area contributed by atoms with Crippen molar-refractivity contribution in [3.63, 3.8) is 0 Å². The third kappa shape index (κ3) is 1.71. The fourth-order valence-corrected chi connectivity index (χ4v) is 1.62.